The van der Waals surface area contributed by atoms with E-state index in [1.165, 1.54) is 0 Å². The summed E-state index contributed by atoms with van der Waals surface area (Å²) in [4.78, 5) is 11.6. The average Bonchev–Trinajstić information content (AvgIpc) is 2.37. The summed E-state index contributed by atoms with van der Waals surface area (Å²) in [6.45, 7) is 4.96. The van der Waals surface area contributed by atoms with Crippen LogP contribution in [-0.4, -0.2) is 23.6 Å². The molecule has 0 saturated heterocycles. The Balaban J connectivity index is 2.49. The molecule has 100 valence electrons. The van der Waals surface area contributed by atoms with Crippen LogP contribution in [0.15, 0.2) is 22.7 Å². The monoisotopic (exact) mass is 314 g/mol. The molecule has 0 aliphatic rings. The summed E-state index contributed by atoms with van der Waals surface area (Å²) in [5, 5.41) is 15.7. The number of nitrogens with one attached hydrogen (secondary N) is 2. The molecule has 1 unspecified atom stereocenters. The van der Waals surface area contributed by atoms with Crippen LogP contribution in [0.5, 0.6) is 5.75 Å². The SMILES string of the molecule is CCCNC(=O)C(C)NCc1cccc(Br)c1O. The van der Waals surface area contributed by atoms with Gasteiger partial charge in [-0.3, -0.25) is 4.79 Å². The second-order valence-electron chi connectivity index (χ2n) is 4.14. The standard InChI is InChI=1S/C13H19BrN2O2/c1-3-7-15-13(18)9(2)16-8-10-5-4-6-11(14)12(10)17/h4-6,9,16-17H,3,7-8H2,1-2H3,(H,15,18). The van der Waals surface area contributed by atoms with Gasteiger partial charge >= 0.3 is 0 Å². The van der Waals surface area contributed by atoms with Crippen molar-refractivity contribution in [2.24, 2.45) is 0 Å². The van der Waals surface area contributed by atoms with Crippen LogP contribution in [0.2, 0.25) is 0 Å². The van der Waals surface area contributed by atoms with Gasteiger partial charge in [0.05, 0.1) is 10.5 Å². The molecule has 0 radical (unpaired) electrons. The second kappa shape index (κ2) is 7.38. The van der Waals surface area contributed by atoms with Crippen molar-refractivity contribution in [3.8, 4) is 5.75 Å². The van der Waals surface area contributed by atoms with Crippen molar-refractivity contribution in [1.29, 1.82) is 0 Å². The molecule has 4 nitrogen and oxygen atoms in total. The van der Waals surface area contributed by atoms with E-state index in [0.717, 1.165) is 12.0 Å². The maximum atomic E-state index is 11.6. The lowest BCUT2D eigenvalue weighted by atomic mass is 10.2. The zero-order valence-corrected chi connectivity index (χ0v) is 12.3. The zero-order valence-electron chi connectivity index (χ0n) is 10.7. The summed E-state index contributed by atoms with van der Waals surface area (Å²) >= 11 is 3.26. The van der Waals surface area contributed by atoms with E-state index in [0.29, 0.717) is 17.6 Å². The Morgan fingerprint density at radius 1 is 1.50 bits per heavy atom. The maximum Gasteiger partial charge on any atom is 0.236 e. The Morgan fingerprint density at radius 2 is 2.22 bits per heavy atom. The Bertz CT molecular complexity index is 410. The summed E-state index contributed by atoms with van der Waals surface area (Å²) in [7, 11) is 0. The first kappa shape index (κ1) is 15.0. The fourth-order valence-electron chi connectivity index (χ4n) is 1.46. The van der Waals surface area contributed by atoms with Crippen molar-refractivity contribution in [2.45, 2.75) is 32.9 Å². The van der Waals surface area contributed by atoms with Crippen LogP contribution in [0.25, 0.3) is 0 Å². The topological polar surface area (TPSA) is 61.4 Å². The number of rotatable bonds is 6. The van der Waals surface area contributed by atoms with Crippen LogP contribution in [0, 0.1) is 0 Å². The first-order valence-electron chi connectivity index (χ1n) is 6.03. The normalized spacial score (nSPS) is 12.2. The van der Waals surface area contributed by atoms with E-state index in [-0.39, 0.29) is 17.7 Å². The van der Waals surface area contributed by atoms with Crippen molar-refractivity contribution in [2.75, 3.05) is 6.54 Å². The first-order chi connectivity index (χ1) is 8.56. The Hall–Kier alpha value is -1.07. The number of carbonyl (C=O) groups excluding carboxylic acids is 1. The van der Waals surface area contributed by atoms with E-state index in [2.05, 4.69) is 26.6 Å². The second-order valence-corrected chi connectivity index (χ2v) is 5.00. The zero-order chi connectivity index (χ0) is 13.5. The van der Waals surface area contributed by atoms with Gasteiger partial charge < -0.3 is 15.7 Å². The quantitative estimate of drug-likeness (QED) is 0.754. The number of hydrogen-bond donors (Lipinski definition) is 3. The van der Waals surface area contributed by atoms with Gasteiger partial charge in [0, 0.05) is 18.7 Å². The molecule has 3 N–H and O–H groups in total. The molecule has 18 heavy (non-hydrogen) atoms. The highest BCUT2D eigenvalue weighted by molar-refractivity contribution is 9.10. The van der Waals surface area contributed by atoms with Crippen LogP contribution in [-0.2, 0) is 11.3 Å². The molecule has 0 bridgehead atoms. The fourth-order valence-corrected chi connectivity index (χ4v) is 1.87. The number of amides is 1. The Kier molecular flexibility index (Phi) is 6.15. The highest BCUT2D eigenvalue weighted by atomic mass is 79.9. The van der Waals surface area contributed by atoms with E-state index in [1.807, 2.05) is 19.1 Å². The number of para-hydroxylation sites is 1. The third kappa shape index (κ3) is 4.31. The Morgan fingerprint density at radius 3 is 2.89 bits per heavy atom. The van der Waals surface area contributed by atoms with E-state index in [4.69, 9.17) is 0 Å². The van der Waals surface area contributed by atoms with Crippen LogP contribution < -0.4 is 10.6 Å². The molecule has 1 atom stereocenters. The van der Waals surface area contributed by atoms with Crippen molar-refractivity contribution in [3.63, 3.8) is 0 Å². The molecule has 0 aliphatic heterocycles. The first-order valence-corrected chi connectivity index (χ1v) is 6.83. The molecule has 1 amide bonds. The van der Waals surface area contributed by atoms with Gasteiger partial charge in [-0.15, -0.1) is 0 Å². The van der Waals surface area contributed by atoms with E-state index in [9.17, 15) is 9.90 Å². The third-order valence-corrected chi connectivity index (χ3v) is 3.25. The third-order valence-electron chi connectivity index (χ3n) is 2.61. The molecular formula is C13H19BrN2O2. The molecule has 0 fully saturated rings. The number of hydrogen-bond acceptors (Lipinski definition) is 3. The molecular weight excluding hydrogens is 296 g/mol. The number of phenols is 1. The minimum atomic E-state index is -0.282. The van der Waals surface area contributed by atoms with Crippen molar-refractivity contribution < 1.29 is 9.90 Å². The lowest BCUT2D eigenvalue weighted by molar-refractivity contribution is -0.122. The largest absolute Gasteiger partial charge is 0.506 e. The van der Waals surface area contributed by atoms with Gasteiger partial charge in [-0.1, -0.05) is 19.1 Å². The molecule has 1 aromatic rings. The van der Waals surface area contributed by atoms with Crippen LogP contribution in [0.1, 0.15) is 25.8 Å². The number of aromatic hydroxyl groups is 1. The van der Waals surface area contributed by atoms with Gasteiger partial charge in [0.2, 0.25) is 5.91 Å². The maximum absolute atomic E-state index is 11.6. The fraction of sp³-hybridized carbons (Fsp3) is 0.462. The van der Waals surface area contributed by atoms with Crippen molar-refractivity contribution in [1.82, 2.24) is 10.6 Å². The predicted molar refractivity (Wildman–Crippen MR) is 75.4 cm³/mol. The summed E-state index contributed by atoms with van der Waals surface area (Å²) in [5.74, 6) is 0.192. The summed E-state index contributed by atoms with van der Waals surface area (Å²) in [6.07, 6.45) is 0.922. The molecule has 0 aromatic heterocycles. The van der Waals surface area contributed by atoms with Crippen LogP contribution in [0.4, 0.5) is 0 Å². The van der Waals surface area contributed by atoms with Gasteiger partial charge in [0.25, 0.3) is 0 Å². The van der Waals surface area contributed by atoms with Crippen molar-refractivity contribution in [3.05, 3.63) is 28.2 Å². The van der Waals surface area contributed by atoms with Gasteiger partial charge in [-0.05, 0) is 35.3 Å². The van der Waals surface area contributed by atoms with Gasteiger partial charge in [0.1, 0.15) is 5.75 Å². The molecule has 1 rings (SSSR count). The highest BCUT2D eigenvalue weighted by Crippen LogP contribution is 2.27. The van der Waals surface area contributed by atoms with Crippen molar-refractivity contribution >= 4 is 21.8 Å². The number of benzene rings is 1. The number of halogens is 1. The lowest BCUT2D eigenvalue weighted by Gasteiger charge is -2.14. The average molecular weight is 315 g/mol. The minimum Gasteiger partial charge on any atom is -0.506 e. The summed E-state index contributed by atoms with van der Waals surface area (Å²) in [6, 6.07) is 5.16. The smallest absolute Gasteiger partial charge is 0.236 e. The molecule has 0 saturated carbocycles. The van der Waals surface area contributed by atoms with E-state index >= 15 is 0 Å². The minimum absolute atomic E-state index is 0.0219. The van der Waals surface area contributed by atoms with Gasteiger partial charge in [-0.2, -0.15) is 0 Å². The number of carbonyl (C=O) groups is 1. The van der Waals surface area contributed by atoms with Crippen LogP contribution in [0.3, 0.4) is 0 Å². The molecule has 0 spiro atoms. The van der Waals surface area contributed by atoms with Crippen LogP contribution >= 0.6 is 15.9 Å². The van der Waals surface area contributed by atoms with E-state index in [1.54, 1.807) is 13.0 Å². The molecule has 0 aliphatic carbocycles. The number of phenolic OH excluding ortho intramolecular Hbond substituents is 1. The van der Waals surface area contributed by atoms with E-state index < -0.39 is 0 Å². The summed E-state index contributed by atoms with van der Waals surface area (Å²) in [5.41, 5.74) is 0.763. The van der Waals surface area contributed by atoms with Gasteiger partial charge in [-0.25, -0.2) is 0 Å². The lowest BCUT2D eigenvalue weighted by Crippen LogP contribution is -2.42. The Labute approximate surface area is 116 Å². The molecule has 5 heteroatoms. The molecule has 0 heterocycles. The molecule has 1 aromatic carbocycles. The van der Waals surface area contributed by atoms with Gasteiger partial charge in [0.15, 0.2) is 0 Å². The summed E-state index contributed by atoms with van der Waals surface area (Å²) < 4.78 is 0.657. The predicted octanol–water partition coefficient (Wildman–Crippen LogP) is 2.16. The highest BCUT2D eigenvalue weighted by Gasteiger charge is 2.12.